The highest BCUT2D eigenvalue weighted by Crippen LogP contribution is 2.42. The Kier molecular flexibility index (Phi) is 3.02. The lowest BCUT2D eigenvalue weighted by Gasteiger charge is -1.92. The van der Waals surface area contributed by atoms with E-state index in [1.807, 2.05) is 0 Å². The second kappa shape index (κ2) is 4.28. The first kappa shape index (κ1) is 10.6. The van der Waals surface area contributed by atoms with E-state index in [0.29, 0.717) is 17.3 Å². The van der Waals surface area contributed by atoms with Crippen LogP contribution in [-0.2, 0) is 6.42 Å². The van der Waals surface area contributed by atoms with Crippen LogP contribution in [0.4, 0.5) is 0 Å². The van der Waals surface area contributed by atoms with Gasteiger partial charge in [0.2, 0.25) is 0 Å². The van der Waals surface area contributed by atoms with Crippen molar-refractivity contribution in [3.05, 3.63) is 15.6 Å². The summed E-state index contributed by atoms with van der Waals surface area (Å²) in [5.41, 5.74) is 6.22. The molecule has 0 atom stereocenters. The lowest BCUT2D eigenvalue weighted by molar-refractivity contribution is 0.0700. The minimum Gasteiger partial charge on any atom is -0.477 e. The average Bonchev–Trinajstić information content (AvgIpc) is 2.95. The summed E-state index contributed by atoms with van der Waals surface area (Å²) < 4.78 is 0. The van der Waals surface area contributed by atoms with Crippen molar-refractivity contribution in [1.82, 2.24) is 4.98 Å². The smallest absolute Gasteiger partial charge is 0.347 e. The number of aromatic carboxylic acids is 1. The molecule has 0 saturated heterocycles. The van der Waals surface area contributed by atoms with Crippen LogP contribution in [0.1, 0.15) is 45.6 Å². The molecule has 0 aromatic carbocycles. The third kappa shape index (κ3) is 2.35. The molecule has 1 aromatic heterocycles. The van der Waals surface area contributed by atoms with Gasteiger partial charge in [0.15, 0.2) is 0 Å². The Morgan fingerprint density at radius 2 is 2.33 bits per heavy atom. The summed E-state index contributed by atoms with van der Waals surface area (Å²) in [6, 6.07) is 0. The molecular formula is C10H14N2O2S. The maximum atomic E-state index is 11.0. The first-order chi connectivity index (χ1) is 7.22. The van der Waals surface area contributed by atoms with E-state index in [4.69, 9.17) is 10.8 Å². The highest BCUT2D eigenvalue weighted by Gasteiger charge is 2.31. The van der Waals surface area contributed by atoms with Crippen molar-refractivity contribution in [3.8, 4) is 0 Å². The van der Waals surface area contributed by atoms with Gasteiger partial charge in [-0.2, -0.15) is 0 Å². The standard InChI is InChI=1S/C10H14N2O2S/c11-5-1-2-7-12-8(6-3-4-6)9(15-7)10(13)14/h6H,1-5,11H2,(H,13,14). The quantitative estimate of drug-likeness (QED) is 0.799. The van der Waals surface area contributed by atoms with Gasteiger partial charge in [0.1, 0.15) is 4.88 Å². The third-order valence-corrected chi connectivity index (χ3v) is 3.57. The van der Waals surface area contributed by atoms with Gasteiger partial charge >= 0.3 is 5.97 Å². The number of nitrogens with two attached hydrogens (primary N) is 1. The molecule has 0 unspecified atom stereocenters. The lowest BCUT2D eigenvalue weighted by Crippen LogP contribution is -2.00. The van der Waals surface area contributed by atoms with Crippen molar-refractivity contribution < 1.29 is 9.90 Å². The molecule has 1 saturated carbocycles. The largest absolute Gasteiger partial charge is 0.477 e. The van der Waals surface area contributed by atoms with E-state index in [1.165, 1.54) is 11.3 Å². The Morgan fingerprint density at radius 1 is 1.60 bits per heavy atom. The molecule has 1 aromatic rings. The molecule has 0 amide bonds. The van der Waals surface area contributed by atoms with Gasteiger partial charge in [-0.3, -0.25) is 0 Å². The first-order valence-electron chi connectivity index (χ1n) is 5.15. The number of carboxylic acids is 1. The minimum atomic E-state index is -0.839. The molecule has 1 aliphatic carbocycles. The maximum absolute atomic E-state index is 11.0. The van der Waals surface area contributed by atoms with E-state index in [1.54, 1.807) is 0 Å². The van der Waals surface area contributed by atoms with Crippen molar-refractivity contribution in [1.29, 1.82) is 0 Å². The van der Waals surface area contributed by atoms with Crippen LogP contribution in [-0.4, -0.2) is 22.6 Å². The summed E-state index contributed by atoms with van der Waals surface area (Å²) in [6.07, 6.45) is 3.84. The van der Waals surface area contributed by atoms with Crippen LogP contribution in [0.5, 0.6) is 0 Å². The molecular weight excluding hydrogens is 212 g/mol. The molecule has 1 heterocycles. The normalized spacial score (nSPS) is 15.5. The highest BCUT2D eigenvalue weighted by atomic mass is 32.1. The van der Waals surface area contributed by atoms with E-state index in [9.17, 15) is 4.79 Å². The summed E-state index contributed by atoms with van der Waals surface area (Å²) in [5, 5.41) is 9.94. The molecule has 5 heteroatoms. The monoisotopic (exact) mass is 226 g/mol. The maximum Gasteiger partial charge on any atom is 0.347 e. The zero-order valence-electron chi connectivity index (χ0n) is 8.40. The molecule has 82 valence electrons. The second-order valence-corrected chi connectivity index (χ2v) is 4.88. The van der Waals surface area contributed by atoms with Crippen LogP contribution in [0.25, 0.3) is 0 Å². The van der Waals surface area contributed by atoms with Crippen molar-refractivity contribution in [2.45, 2.75) is 31.6 Å². The molecule has 0 radical (unpaired) electrons. The number of thiazole rings is 1. The van der Waals surface area contributed by atoms with E-state index >= 15 is 0 Å². The Hall–Kier alpha value is -0.940. The molecule has 0 spiro atoms. The number of rotatable bonds is 5. The van der Waals surface area contributed by atoms with Gasteiger partial charge in [-0.1, -0.05) is 0 Å². The predicted octanol–water partition coefficient (Wildman–Crippen LogP) is 1.61. The molecule has 0 aliphatic heterocycles. The summed E-state index contributed by atoms with van der Waals surface area (Å²) in [4.78, 5) is 15.8. The van der Waals surface area contributed by atoms with Crippen molar-refractivity contribution in [2.24, 2.45) is 5.73 Å². The summed E-state index contributed by atoms with van der Waals surface area (Å²) >= 11 is 1.31. The zero-order valence-corrected chi connectivity index (χ0v) is 9.22. The molecule has 4 nitrogen and oxygen atoms in total. The fourth-order valence-corrected chi connectivity index (χ4v) is 2.56. The van der Waals surface area contributed by atoms with Crippen LogP contribution in [0.2, 0.25) is 0 Å². The zero-order chi connectivity index (χ0) is 10.8. The first-order valence-corrected chi connectivity index (χ1v) is 5.97. The highest BCUT2D eigenvalue weighted by molar-refractivity contribution is 7.13. The van der Waals surface area contributed by atoms with Gasteiger partial charge < -0.3 is 10.8 Å². The second-order valence-electron chi connectivity index (χ2n) is 3.79. The Labute approximate surface area is 92.1 Å². The van der Waals surface area contributed by atoms with Gasteiger partial charge in [0.25, 0.3) is 0 Å². The van der Waals surface area contributed by atoms with Crippen LogP contribution >= 0.6 is 11.3 Å². The minimum absolute atomic E-state index is 0.402. The van der Waals surface area contributed by atoms with E-state index in [-0.39, 0.29) is 0 Å². The molecule has 15 heavy (non-hydrogen) atoms. The van der Waals surface area contributed by atoms with Gasteiger partial charge in [0.05, 0.1) is 10.7 Å². The van der Waals surface area contributed by atoms with Gasteiger partial charge in [0, 0.05) is 12.3 Å². The van der Waals surface area contributed by atoms with Gasteiger partial charge in [-0.15, -0.1) is 11.3 Å². The fraction of sp³-hybridized carbons (Fsp3) is 0.600. The molecule has 1 fully saturated rings. The SMILES string of the molecule is NCCCc1nc(C2CC2)c(C(=O)O)s1. The van der Waals surface area contributed by atoms with Crippen LogP contribution < -0.4 is 5.73 Å². The Balaban J connectivity index is 2.19. The van der Waals surface area contributed by atoms with Crippen LogP contribution in [0.15, 0.2) is 0 Å². The van der Waals surface area contributed by atoms with E-state index in [0.717, 1.165) is 36.4 Å². The van der Waals surface area contributed by atoms with Crippen molar-refractivity contribution >= 4 is 17.3 Å². The topological polar surface area (TPSA) is 76.2 Å². The number of carboxylic acid groups (broad SMARTS) is 1. The van der Waals surface area contributed by atoms with Gasteiger partial charge in [-0.25, -0.2) is 9.78 Å². The van der Waals surface area contributed by atoms with Gasteiger partial charge in [-0.05, 0) is 25.8 Å². The van der Waals surface area contributed by atoms with Crippen molar-refractivity contribution in [3.63, 3.8) is 0 Å². The molecule has 3 N–H and O–H groups in total. The number of aryl methyl sites for hydroxylation is 1. The van der Waals surface area contributed by atoms with Crippen LogP contribution in [0.3, 0.4) is 0 Å². The molecule has 1 aliphatic rings. The number of hydrogen-bond donors (Lipinski definition) is 2. The van der Waals surface area contributed by atoms with Crippen molar-refractivity contribution in [2.75, 3.05) is 6.54 Å². The fourth-order valence-electron chi connectivity index (χ4n) is 1.52. The molecule has 0 bridgehead atoms. The average molecular weight is 226 g/mol. The number of hydrogen-bond acceptors (Lipinski definition) is 4. The Morgan fingerprint density at radius 3 is 2.87 bits per heavy atom. The van der Waals surface area contributed by atoms with Crippen LogP contribution in [0, 0.1) is 0 Å². The summed E-state index contributed by atoms with van der Waals surface area (Å²) in [5.74, 6) is -0.438. The molecule has 2 rings (SSSR count). The van der Waals surface area contributed by atoms with E-state index in [2.05, 4.69) is 4.98 Å². The lowest BCUT2D eigenvalue weighted by atomic mass is 10.2. The number of carbonyl (C=O) groups is 1. The van der Waals surface area contributed by atoms with E-state index < -0.39 is 5.97 Å². The predicted molar refractivity (Wildman–Crippen MR) is 58.4 cm³/mol. The summed E-state index contributed by atoms with van der Waals surface area (Å²) in [7, 11) is 0. The third-order valence-electron chi connectivity index (χ3n) is 2.45. The summed E-state index contributed by atoms with van der Waals surface area (Å²) in [6.45, 7) is 0.626. The number of nitrogens with zero attached hydrogens (tertiary/aromatic N) is 1. The Bertz CT molecular complexity index is 371. The number of aromatic nitrogens is 1.